The molecular formula is C18H21IO3. The number of hydrogen-bond acceptors (Lipinski definition) is 3. The van der Waals surface area contributed by atoms with Crippen LogP contribution < -0.4 is 9.47 Å². The molecule has 0 saturated heterocycles. The molecule has 118 valence electrons. The van der Waals surface area contributed by atoms with Crippen LogP contribution in [0.3, 0.4) is 0 Å². The molecule has 3 nitrogen and oxygen atoms in total. The van der Waals surface area contributed by atoms with Gasteiger partial charge in [-0.25, -0.2) is 0 Å². The average Bonchev–Trinajstić information content (AvgIpc) is 2.52. The van der Waals surface area contributed by atoms with Crippen molar-refractivity contribution < 1.29 is 14.2 Å². The Morgan fingerprint density at radius 2 is 1.82 bits per heavy atom. The lowest BCUT2D eigenvalue weighted by Crippen LogP contribution is -2.04. The molecule has 0 bridgehead atoms. The summed E-state index contributed by atoms with van der Waals surface area (Å²) in [6.45, 7) is 3.96. The third-order valence-electron chi connectivity index (χ3n) is 3.28. The van der Waals surface area contributed by atoms with Gasteiger partial charge in [-0.05, 0) is 59.3 Å². The molecule has 4 heteroatoms. The van der Waals surface area contributed by atoms with E-state index in [0.29, 0.717) is 19.8 Å². The maximum atomic E-state index is 5.78. The molecule has 0 aliphatic rings. The van der Waals surface area contributed by atoms with Gasteiger partial charge in [-0.15, -0.1) is 0 Å². The number of ether oxygens (including phenoxy) is 3. The van der Waals surface area contributed by atoms with Crippen LogP contribution in [0.15, 0.2) is 42.5 Å². The van der Waals surface area contributed by atoms with Crippen molar-refractivity contribution in [3.05, 3.63) is 57.2 Å². The fourth-order valence-electron chi connectivity index (χ4n) is 2.12. The Labute approximate surface area is 145 Å². The summed E-state index contributed by atoms with van der Waals surface area (Å²) in [4.78, 5) is 0. The van der Waals surface area contributed by atoms with Crippen molar-refractivity contribution in [3.8, 4) is 11.5 Å². The van der Waals surface area contributed by atoms with E-state index in [0.717, 1.165) is 23.5 Å². The molecule has 0 unspecified atom stereocenters. The summed E-state index contributed by atoms with van der Waals surface area (Å²) in [6, 6.07) is 14.1. The van der Waals surface area contributed by atoms with Gasteiger partial charge in [-0.3, -0.25) is 0 Å². The Morgan fingerprint density at radius 1 is 1.00 bits per heavy atom. The van der Waals surface area contributed by atoms with Crippen molar-refractivity contribution in [1.82, 2.24) is 0 Å². The van der Waals surface area contributed by atoms with Crippen LogP contribution in [0.5, 0.6) is 11.5 Å². The predicted octanol–water partition coefficient (Wildman–Crippen LogP) is 4.59. The second-order valence-electron chi connectivity index (χ2n) is 4.98. The summed E-state index contributed by atoms with van der Waals surface area (Å²) in [6.07, 6.45) is 0.862. The van der Waals surface area contributed by atoms with Gasteiger partial charge in [0.05, 0.1) is 26.9 Å². The monoisotopic (exact) mass is 412 g/mol. The number of hydrogen-bond donors (Lipinski definition) is 0. The van der Waals surface area contributed by atoms with Gasteiger partial charge in [0, 0.05) is 15.6 Å². The molecule has 0 heterocycles. The molecule has 0 radical (unpaired) electrons. The molecule has 0 atom stereocenters. The lowest BCUT2D eigenvalue weighted by atomic mass is 10.2. The maximum Gasteiger partial charge on any atom is 0.124 e. The zero-order valence-corrected chi connectivity index (χ0v) is 15.1. The molecule has 0 fully saturated rings. The SMILES string of the molecule is COc1ccccc1COCCCOc1ccc(I)cc1C. The van der Waals surface area contributed by atoms with Gasteiger partial charge in [0.2, 0.25) is 0 Å². The first-order valence-corrected chi connectivity index (χ1v) is 8.37. The minimum atomic E-state index is 0.562. The average molecular weight is 412 g/mol. The van der Waals surface area contributed by atoms with Gasteiger partial charge in [-0.1, -0.05) is 18.2 Å². The highest BCUT2D eigenvalue weighted by Crippen LogP contribution is 2.20. The van der Waals surface area contributed by atoms with Gasteiger partial charge >= 0.3 is 0 Å². The molecule has 0 saturated carbocycles. The van der Waals surface area contributed by atoms with E-state index < -0.39 is 0 Å². The number of halogens is 1. The Hall–Kier alpha value is -1.27. The minimum absolute atomic E-state index is 0.562. The first-order valence-electron chi connectivity index (χ1n) is 7.29. The summed E-state index contributed by atoms with van der Waals surface area (Å²) in [7, 11) is 1.68. The fourth-order valence-corrected chi connectivity index (χ4v) is 2.77. The first-order chi connectivity index (χ1) is 10.7. The highest BCUT2D eigenvalue weighted by Gasteiger charge is 2.02. The van der Waals surface area contributed by atoms with Crippen molar-refractivity contribution in [2.24, 2.45) is 0 Å². The zero-order valence-electron chi connectivity index (χ0n) is 13.0. The van der Waals surface area contributed by atoms with E-state index in [1.54, 1.807) is 7.11 Å². The lowest BCUT2D eigenvalue weighted by molar-refractivity contribution is 0.105. The zero-order chi connectivity index (χ0) is 15.8. The Bertz CT molecular complexity index is 599. The summed E-state index contributed by atoms with van der Waals surface area (Å²) in [5.74, 6) is 1.82. The van der Waals surface area contributed by atoms with E-state index in [9.17, 15) is 0 Å². The molecular weight excluding hydrogens is 391 g/mol. The largest absolute Gasteiger partial charge is 0.496 e. The molecule has 2 rings (SSSR count). The third-order valence-corrected chi connectivity index (χ3v) is 3.95. The van der Waals surface area contributed by atoms with E-state index in [1.165, 1.54) is 9.13 Å². The van der Waals surface area contributed by atoms with E-state index in [-0.39, 0.29) is 0 Å². The van der Waals surface area contributed by atoms with Gasteiger partial charge in [0.15, 0.2) is 0 Å². The van der Waals surface area contributed by atoms with Crippen molar-refractivity contribution in [2.75, 3.05) is 20.3 Å². The topological polar surface area (TPSA) is 27.7 Å². The molecule has 0 aliphatic heterocycles. The number of benzene rings is 2. The molecule has 0 spiro atoms. The van der Waals surface area contributed by atoms with Crippen LogP contribution in [0.25, 0.3) is 0 Å². The van der Waals surface area contributed by atoms with Crippen LogP contribution in [-0.2, 0) is 11.3 Å². The van der Waals surface area contributed by atoms with E-state index in [1.807, 2.05) is 30.3 Å². The smallest absolute Gasteiger partial charge is 0.124 e. The van der Waals surface area contributed by atoms with Gasteiger partial charge in [-0.2, -0.15) is 0 Å². The summed E-state index contributed by atoms with van der Waals surface area (Å²) < 4.78 is 18.0. The Balaban J connectivity index is 1.67. The van der Waals surface area contributed by atoms with E-state index >= 15 is 0 Å². The summed E-state index contributed by atoms with van der Waals surface area (Å²) >= 11 is 2.30. The van der Waals surface area contributed by atoms with Gasteiger partial charge < -0.3 is 14.2 Å². The highest BCUT2D eigenvalue weighted by molar-refractivity contribution is 14.1. The number of methoxy groups -OCH3 is 1. The van der Waals surface area contributed by atoms with Gasteiger partial charge in [0.1, 0.15) is 11.5 Å². The second kappa shape index (κ2) is 9.00. The molecule has 2 aromatic carbocycles. The lowest BCUT2D eigenvalue weighted by Gasteiger charge is -2.11. The molecule has 0 aromatic heterocycles. The first kappa shape index (κ1) is 17.1. The predicted molar refractivity (Wildman–Crippen MR) is 96.7 cm³/mol. The Morgan fingerprint density at radius 3 is 2.59 bits per heavy atom. The third kappa shape index (κ3) is 5.18. The molecule has 22 heavy (non-hydrogen) atoms. The molecule has 0 aliphatic carbocycles. The van der Waals surface area contributed by atoms with Crippen LogP contribution in [0, 0.1) is 10.5 Å². The van der Waals surface area contributed by atoms with E-state index in [2.05, 4.69) is 41.6 Å². The normalized spacial score (nSPS) is 10.5. The summed E-state index contributed by atoms with van der Waals surface area (Å²) in [5.41, 5.74) is 2.24. The highest BCUT2D eigenvalue weighted by atomic mass is 127. The van der Waals surface area contributed by atoms with Crippen molar-refractivity contribution >= 4 is 22.6 Å². The van der Waals surface area contributed by atoms with Crippen LogP contribution in [0.1, 0.15) is 17.5 Å². The van der Waals surface area contributed by atoms with Gasteiger partial charge in [0.25, 0.3) is 0 Å². The van der Waals surface area contributed by atoms with Crippen molar-refractivity contribution in [1.29, 1.82) is 0 Å². The van der Waals surface area contributed by atoms with E-state index in [4.69, 9.17) is 14.2 Å². The summed E-state index contributed by atoms with van der Waals surface area (Å²) in [5, 5.41) is 0. The molecule has 0 amide bonds. The molecule has 2 aromatic rings. The quantitative estimate of drug-likeness (QED) is 0.469. The van der Waals surface area contributed by atoms with Crippen molar-refractivity contribution in [3.63, 3.8) is 0 Å². The molecule has 0 N–H and O–H groups in total. The minimum Gasteiger partial charge on any atom is -0.496 e. The number of aryl methyl sites for hydroxylation is 1. The Kier molecular flexibility index (Phi) is 6.99. The second-order valence-corrected chi connectivity index (χ2v) is 6.22. The standard InChI is InChI=1S/C18H21IO3/c1-14-12-16(19)8-9-17(14)22-11-5-10-21-13-15-6-3-4-7-18(15)20-2/h3-4,6-9,12H,5,10-11,13H2,1-2H3. The number of para-hydroxylation sites is 1. The van der Waals surface area contributed by atoms with Crippen LogP contribution >= 0.6 is 22.6 Å². The maximum absolute atomic E-state index is 5.78. The van der Waals surface area contributed by atoms with Crippen molar-refractivity contribution in [2.45, 2.75) is 20.0 Å². The number of rotatable bonds is 8. The van der Waals surface area contributed by atoms with Crippen LogP contribution in [0.2, 0.25) is 0 Å². The fraction of sp³-hybridized carbons (Fsp3) is 0.333. The van der Waals surface area contributed by atoms with Crippen LogP contribution in [0.4, 0.5) is 0 Å². The van der Waals surface area contributed by atoms with Crippen LogP contribution in [-0.4, -0.2) is 20.3 Å².